The van der Waals surface area contributed by atoms with E-state index in [4.69, 9.17) is 11.6 Å². The quantitative estimate of drug-likeness (QED) is 0.155. The van der Waals surface area contributed by atoms with Gasteiger partial charge in [-0.15, -0.1) is 11.8 Å². The molecule has 3 amide bonds. The van der Waals surface area contributed by atoms with Crippen LogP contribution in [0.1, 0.15) is 22.8 Å². The summed E-state index contributed by atoms with van der Waals surface area (Å²) in [5, 5.41) is 8.61. The van der Waals surface area contributed by atoms with Gasteiger partial charge in [0.05, 0.1) is 5.25 Å². The lowest BCUT2D eigenvalue weighted by Gasteiger charge is -2.14. The minimum absolute atomic E-state index is 0.111. The van der Waals surface area contributed by atoms with Gasteiger partial charge >= 0.3 is 0 Å². The Morgan fingerprint density at radius 2 is 1.44 bits per heavy atom. The summed E-state index contributed by atoms with van der Waals surface area (Å²) in [4.78, 5) is 39.4. The van der Waals surface area contributed by atoms with Crippen LogP contribution in [0, 0.1) is 0 Å². The van der Waals surface area contributed by atoms with Crippen LogP contribution >= 0.6 is 23.4 Å². The van der Waals surface area contributed by atoms with Gasteiger partial charge in [0.15, 0.2) is 0 Å². The SMILES string of the molecule is CC(Sc1ccc(NC(=O)/C(=C/c2ccccc2)NC(=O)c2ccccc2)cc1)C(=O)Nc1cccc(Cl)c1. The fourth-order valence-corrected chi connectivity index (χ4v) is 4.60. The number of halogens is 1. The molecule has 4 aromatic rings. The van der Waals surface area contributed by atoms with Gasteiger partial charge in [-0.05, 0) is 73.2 Å². The molecule has 0 aliphatic carbocycles. The van der Waals surface area contributed by atoms with Gasteiger partial charge in [-0.3, -0.25) is 14.4 Å². The number of nitrogens with one attached hydrogen (secondary N) is 3. The van der Waals surface area contributed by atoms with Gasteiger partial charge in [-0.2, -0.15) is 0 Å². The highest BCUT2D eigenvalue weighted by atomic mass is 35.5. The summed E-state index contributed by atoms with van der Waals surface area (Å²) < 4.78 is 0. The Morgan fingerprint density at radius 3 is 2.10 bits per heavy atom. The van der Waals surface area contributed by atoms with Crippen molar-refractivity contribution in [3.8, 4) is 0 Å². The molecule has 0 fully saturated rings. The van der Waals surface area contributed by atoms with Crippen LogP contribution in [0.4, 0.5) is 11.4 Å². The fourth-order valence-electron chi connectivity index (χ4n) is 3.54. The summed E-state index contributed by atoms with van der Waals surface area (Å²) in [6.07, 6.45) is 1.63. The highest BCUT2D eigenvalue weighted by Gasteiger charge is 2.17. The van der Waals surface area contributed by atoms with E-state index in [-0.39, 0.29) is 22.8 Å². The van der Waals surface area contributed by atoms with Crippen molar-refractivity contribution in [2.75, 3.05) is 10.6 Å². The Hall–Kier alpha value is -4.33. The molecule has 0 aliphatic rings. The molecule has 0 bridgehead atoms. The molecule has 0 aliphatic heterocycles. The molecule has 4 rings (SSSR count). The number of benzene rings is 4. The Morgan fingerprint density at radius 1 is 0.769 bits per heavy atom. The molecule has 0 heterocycles. The Kier molecular flexibility index (Phi) is 9.56. The van der Waals surface area contributed by atoms with Crippen LogP contribution in [0.25, 0.3) is 6.08 Å². The van der Waals surface area contributed by atoms with E-state index in [1.165, 1.54) is 11.8 Å². The molecule has 3 N–H and O–H groups in total. The number of anilines is 2. The summed E-state index contributed by atoms with van der Waals surface area (Å²) in [5.41, 5.74) is 2.51. The molecule has 0 aromatic heterocycles. The molecule has 39 heavy (non-hydrogen) atoms. The van der Waals surface area contributed by atoms with Crippen LogP contribution in [-0.4, -0.2) is 23.0 Å². The molecular weight excluding hydrogens is 530 g/mol. The van der Waals surface area contributed by atoms with Crippen molar-refractivity contribution in [3.63, 3.8) is 0 Å². The van der Waals surface area contributed by atoms with Crippen molar-refractivity contribution >= 4 is 58.5 Å². The van der Waals surface area contributed by atoms with Crippen molar-refractivity contribution < 1.29 is 14.4 Å². The van der Waals surface area contributed by atoms with Crippen molar-refractivity contribution in [2.24, 2.45) is 0 Å². The monoisotopic (exact) mass is 555 g/mol. The molecule has 0 spiro atoms. The third-order valence-corrected chi connectivity index (χ3v) is 6.87. The zero-order valence-electron chi connectivity index (χ0n) is 21.1. The van der Waals surface area contributed by atoms with Gasteiger partial charge in [0, 0.05) is 26.9 Å². The first-order valence-electron chi connectivity index (χ1n) is 12.1. The minimum Gasteiger partial charge on any atom is -0.325 e. The van der Waals surface area contributed by atoms with Crippen LogP contribution in [0.2, 0.25) is 5.02 Å². The lowest BCUT2D eigenvalue weighted by Crippen LogP contribution is -2.30. The fraction of sp³-hybridized carbons (Fsp3) is 0.0645. The molecule has 8 heteroatoms. The number of thioether (sulfide) groups is 1. The standard InChI is InChI=1S/C31H26ClN3O3S/c1-21(29(36)34-26-14-8-13-24(32)20-26)39-27-17-15-25(16-18-27)33-31(38)28(19-22-9-4-2-5-10-22)35-30(37)23-11-6-3-7-12-23/h2-21H,1H3,(H,33,38)(H,34,36)(H,35,37)/b28-19-. The molecule has 1 atom stereocenters. The summed E-state index contributed by atoms with van der Waals surface area (Å²) >= 11 is 7.38. The predicted octanol–water partition coefficient (Wildman–Crippen LogP) is 6.87. The normalized spacial score (nSPS) is 11.8. The predicted molar refractivity (Wildman–Crippen MR) is 159 cm³/mol. The first kappa shape index (κ1) is 27.7. The van der Waals surface area contributed by atoms with E-state index in [1.807, 2.05) is 55.5 Å². The van der Waals surface area contributed by atoms with Crippen molar-refractivity contribution in [1.82, 2.24) is 5.32 Å². The van der Waals surface area contributed by atoms with Crippen LogP contribution in [0.15, 0.2) is 120 Å². The maximum atomic E-state index is 13.2. The molecular formula is C31H26ClN3O3S. The summed E-state index contributed by atoms with van der Waals surface area (Å²) in [6, 6.07) is 32.1. The van der Waals surface area contributed by atoms with Crippen LogP contribution in [-0.2, 0) is 9.59 Å². The first-order valence-corrected chi connectivity index (χ1v) is 13.4. The molecule has 0 saturated carbocycles. The van der Waals surface area contributed by atoms with E-state index in [2.05, 4.69) is 16.0 Å². The smallest absolute Gasteiger partial charge is 0.272 e. The second-order valence-electron chi connectivity index (χ2n) is 8.53. The average Bonchev–Trinajstić information content (AvgIpc) is 2.94. The number of carbonyl (C=O) groups excluding carboxylic acids is 3. The number of rotatable bonds is 9. The minimum atomic E-state index is -0.460. The molecule has 196 valence electrons. The first-order chi connectivity index (χ1) is 18.9. The maximum absolute atomic E-state index is 13.2. The van der Waals surface area contributed by atoms with Crippen molar-refractivity contribution in [1.29, 1.82) is 0 Å². The summed E-state index contributed by atoms with van der Waals surface area (Å²) in [6.45, 7) is 1.82. The lowest BCUT2D eigenvalue weighted by atomic mass is 10.1. The largest absolute Gasteiger partial charge is 0.325 e. The van der Waals surface area contributed by atoms with E-state index in [1.54, 1.807) is 66.7 Å². The van der Waals surface area contributed by atoms with E-state index in [0.29, 0.717) is 22.0 Å². The van der Waals surface area contributed by atoms with Gasteiger partial charge in [0.25, 0.3) is 11.8 Å². The topological polar surface area (TPSA) is 87.3 Å². The van der Waals surface area contributed by atoms with E-state index >= 15 is 0 Å². The number of amides is 3. The lowest BCUT2D eigenvalue weighted by molar-refractivity contribution is -0.115. The zero-order valence-corrected chi connectivity index (χ0v) is 22.6. The van der Waals surface area contributed by atoms with E-state index in [0.717, 1.165) is 10.5 Å². The summed E-state index contributed by atoms with van der Waals surface area (Å²) in [7, 11) is 0. The van der Waals surface area contributed by atoms with Crippen molar-refractivity contribution in [2.45, 2.75) is 17.1 Å². The average molecular weight is 556 g/mol. The second kappa shape index (κ2) is 13.5. The molecule has 0 saturated heterocycles. The molecule has 4 aromatic carbocycles. The van der Waals surface area contributed by atoms with Crippen LogP contribution in [0.3, 0.4) is 0 Å². The van der Waals surface area contributed by atoms with Crippen molar-refractivity contribution in [3.05, 3.63) is 131 Å². The van der Waals surface area contributed by atoms with Gasteiger partial charge in [-0.25, -0.2) is 0 Å². The third-order valence-electron chi connectivity index (χ3n) is 5.53. The summed E-state index contributed by atoms with van der Waals surface area (Å²) in [5.74, 6) is -0.994. The number of carbonyl (C=O) groups is 3. The Labute approximate surface area is 236 Å². The van der Waals surface area contributed by atoms with Gasteiger partial charge in [0.1, 0.15) is 5.70 Å². The highest BCUT2D eigenvalue weighted by molar-refractivity contribution is 8.00. The van der Waals surface area contributed by atoms with Gasteiger partial charge in [0.2, 0.25) is 5.91 Å². The number of hydrogen-bond donors (Lipinski definition) is 3. The third kappa shape index (κ3) is 8.33. The maximum Gasteiger partial charge on any atom is 0.272 e. The van der Waals surface area contributed by atoms with E-state index in [9.17, 15) is 14.4 Å². The Balaban J connectivity index is 1.41. The van der Waals surface area contributed by atoms with Crippen LogP contribution in [0.5, 0.6) is 0 Å². The molecule has 0 radical (unpaired) electrons. The number of hydrogen-bond acceptors (Lipinski definition) is 4. The Bertz CT molecular complexity index is 1480. The second-order valence-corrected chi connectivity index (χ2v) is 10.4. The zero-order chi connectivity index (χ0) is 27.6. The van der Waals surface area contributed by atoms with E-state index < -0.39 is 5.91 Å². The van der Waals surface area contributed by atoms with Gasteiger partial charge < -0.3 is 16.0 Å². The van der Waals surface area contributed by atoms with Gasteiger partial charge in [-0.1, -0.05) is 66.2 Å². The van der Waals surface area contributed by atoms with Crippen LogP contribution < -0.4 is 16.0 Å². The molecule has 6 nitrogen and oxygen atoms in total. The highest BCUT2D eigenvalue weighted by Crippen LogP contribution is 2.26. The molecule has 1 unspecified atom stereocenters.